The van der Waals surface area contributed by atoms with Crippen LogP contribution in [0.1, 0.15) is 23.6 Å². The van der Waals surface area contributed by atoms with Gasteiger partial charge >= 0.3 is 0 Å². The van der Waals surface area contributed by atoms with Crippen molar-refractivity contribution in [1.29, 1.82) is 0 Å². The minimum Gasteiger partial charge on any atom is -0.497 e. The number of hydrogen-bond donors (Lipinski definition) is 1. The predicted molar refractivity (Wildman–Crippen MR) is 60.7 cm³/mol. The van der Waals surface area contributed by atoms with Gasteiger partial charge in [0.15, 0.2) is 0 Å². The molecule has 0 amide bonds. The summed E-state index contributed by atoms with van der Waals surface area (Å²) >= 11 is 1.95. The second kappa shape index (κ2) is 4.24. The summed E-state index contributed by atoms with van der Waals surface area (Å²) in [5, 5.41) is 0. The maximum absolute atomic E-state index is 6.10. The second-order valence-corrected chi connectivity index (χ2v) is 4.62. The minimum absolute atomic E-state index is 0.176. The van der Waals surface area contributed by atoms with Gasteiger partial charge < -0.3 is 10.5 Å². The van der Waals surface area contributed by atoms with Gasteiger partial charge in [0.25, 0.3) is 0 Å². The zero-order valence-corrected chi connectivity index (χ0v) is 9.14. The lowest BCUT2D eigenvalue weighted by molar-refractivity contribution is 0.413. The van der Waals surface area contributed by atoms with Crippen molar-refractivity contribution in [3.05, 3.63) is 29.3 Å². The summed E-state index contributed by atoms with van der Waals surface area (Å²) in [5.41, 5.74) is 8.72. The molecule has 2 N–H and O–H groups in total. The monoisotopic (exact) mass is 209 g/mol. The van der Waals surface area contributed by atoms with Gasteiger partial charge in [-0.15, -0.1) is 0 Å². The van der Waals surface area contributed by atoms with E-state index in [9.17, 15) is 0 Å². The number of methoxy groups -OCH3 is 1. The smallest absolute Gasteiger partial charge is 0.119 e. The molecular formula is C11H15NOS. The maximum Gasteiger partial charge on any atom is 0.119 e. The van der Waals surface area contributed by atoms with E-state index >= 15 is 0 Å². The number of rotatable bonds is 1. The number of benzene rings is 1. The van der Waals surface area contributed by atoms with Gasteiger partial charge in [0.05, 0.1) is 7.11 Å². The number of nitrogens with two attached hydrogens (primary N) is 1. The van der Waals surface area contributed by atoms with Gasteiger partial charge in [-0.05, 0) is 35.4 Å². The van der Waals surface area contributed by atoms with Crippen molar-refractivity contribution < 1.29 is 4.74 Å². The Kier molecular flexibility index (Phi) is 2.99. The summed E-state index contributed by atoms with van der Waals surface area (Å²) in [6.07, 6.45) is 1.06. The Morgan fingerprint density at radius 1 is 1.50 bits per heavy atom. The third-order valence-corrected chi connectivity index (χ3v) is 3.62. The minimum atomic E-state index is 0.176. The van der Waals surface area contributed by atoms with Gasteiger partial charge in [-0.2, -0.15) is 11.8 Å². The molecule has 0 fully saturated rings. The first-order chi connectivity index (χ1) is 6.81. The van der Waals surface area contributed by atoms with E-state index in [2.05, 4.69) is 12.1 Å². The molecule has 2 rings (SSSR count). The molecule has 1 aromatic rings. The molecule has 0 bridgehead atoms. The molecule has 0 saturated heterocycles. The van der Waals surface area contributed by atoms with E-state index in [1.165, 1.54) is 11.1 Å². The third-order valence-electron chi connectivity index (χ3n) is 2.58. The highest BCUT2D eigenvalue weighted by atomic mass is 32.2. The van der Waals surface area contributed by atoms with Gasteiger partial charge in [0.2, 0.25) is 0 Å². The zero-order valence-electron chi connectivity index (χ0n) is 8.32. The van der Waals surface area contributed by atoms with E-state index in [0.29, 0.717) is 0 Å². The Morgan fingerprint density at radius 2 is 2.36 bits per heavy atom. The lowest BCUT2D eigenvalue weighted by atomic mass is 10.00. The molecule has 76 valence electrons. The predicted octanol–water partition coefficient (Wildman–Crippen LogP) is 2.33. The fourth-order valence-corrected chi connectivity index (χ4v) is 2.77. The van der Waals surface area contributed by atoms with Crippen LogP contribution < -0.4 is 10.5 Å². The molecule has 14 heavy (non-hydrogen) atoms. The fraction of sp³-hybridized carbons (Fsp3) is 0.455. The Morgan fingerprint density at radius 3 is 3.14 bits per heavy atom. The Balaban J connectivity index is 2.39. The zero-order chi connectivity index (χ0) is 9.97. The van der Waals surface area contributed by atoms with Gasteiger partial charge in [0, 0.05) is 11.8 Å². The topological polar surface area (TPSA) is 35.2 Å². The largest absolute Gasteiger partial charge is 0.497 e. The van der Waals surface area contributed by atoms with Crippen LogP contribution in [0.2, 0.25) is 0 Å². The van der Waals surface area contributed by atoms with Crippen LogP contribution in [0, 0.1) is 0 Å². The van der Waals surface area contributed by atoms with Gasteiger partial charge in [-0.25, -0.2) is 0 Å². The molecule has 0 aliphatic carbocycles. The molecule has 3 heteroatoms. The van der Waals surface area contributed by atoms with Crippen molar-refractivity contribution in [2.45, 2.75) is 18.2 Å². The number of ether oxygens (including phenoxy) is 1. The lowest BCUT2D eigenvalue weighted by Gasteiger charge is -2.13. The highest BCUT2D eigenvalue weighted by Crippen LogP contribution is 2.31. The maximum atomic E-state index is 6.10. The van der Waals surface area contributed by atoms with E-state index < -0.39 is 0 Å². The SMILES string of the molecule is COc1ccc2c(c1)[C@@H](N)CCSC2. The summed E-state index contributed by atoms with van der Waals surface area (Å²) in [4.78, 5) is 0. The van der Waals surface area contributed by atoms with Crippen LogP contribution in [-0.2, 0) is 5.75 Å². The number of fused-ring (bicyclic) bond motifs is 1. The van der Waals surface area contributed by atoms with Crippen LogP contribution in [0.3, 0.4) is 0 Å². The Labute approximate surface area is 88.8 Å². The molecule has 0 radical (unpaired) electrons. The van der Waals surface area contributed by atoms with Crippen molar-refractivity contribution in [1.82, 2.24) is 0 Å². The number of thioether (sulfide) groups is 1. The summed E-state index contributed by atoms with van der Waals surface area (Å²) in [7, 11) is 1.69. The molecule has 1 atom stereocenters. The summed E-state index contributed by atoms with van der Waals surface area (Å²) in [6, 6.07) is 6.39. The number of hydrogen-bond acceptors (Lipinski definition) is 3. The highest BCUT2D eigenvalue weighted by Gasteiger charge is 2.15. The quantitative estimate of drug-likeness (QED) is 0.771. The van der Waals surface area contributed by atoms with Crippen LogP contribution in [0.4, 0.5) is 0 Å². The highest BCUT2D eigenvalue weighted by molar-refractivity contribution is 7.98. The molecule has 1 heterocycles. The van der Waals surface area contributed by atoms with Crippen molar-refractivity contribution in [2.24, 2.45) is 5.73 Å². The third kappa shape index (κ3) is 1.88. The van der Waals surface area contributed by atoms with Crippen molar-refractivity contribution in [2.75, 3.05) is 12.9 Å². The van der Waals surface area contributed by atoms with Crippen LogP contribution in [0.15, 0.2) is 18.2 Å². The summed E-state index contributed by atoms with van der Waals surface area (Å²) < 4.78 is 5.21. The molecule has 0 saturated carbocycles. The first kappa shape index (κ1) is 9.87. The average Bonchev–Trinajstić information content (AvgIpc) is 2.40. The molecule has 1 aliphatic rings. The molecule has 0 aromatic heterocycles. The van der Waals surface area contributed by atoms with Gasteiger partial charge in [0.1, 0.15) is 5.75 Å². The Hall–Kier alpha value is -0.670. The molecule has 1 aliphatic heterocycles. The van der Waals surface area contributed by atoms with Crippen molar-refractivity contribution >= 4 is 11.8 Å². The fourth-order valence-electron chi connectivity index (χ4n) is 1.72. The molecule has 0 unspecified atom stereocenters. The van der Waals surface area contributed by atoms with E-state index in [4.69, 9.17) is 10.5 Å². The first-order valence-electron chi connectivity index (χ1n) is 4.81. The van der Waals surface area contributed by atoms with Crippen molar-refractivity contribution in [3.63, 3.8) is 0 Å². The van der Waals surface area contributed by atoms with Crippen LogP contribution >= 0.6 is 11.8 Å². The van der Waals surface area contributed by atoms with E-state index in [1.807, 2.05) is 17.8 Å². The van der Waals surface area contributed by atoms with Crippen LogP contribution in [0.25, 0.3) is 0 Å². The lowest BCUT2D eigenvalue weighted by Crippen LogP contribution is -2.11. The molecule has 2 nitrogen and oxygen atoms in total. The van der Waals surface area contributed by atoms with Crippen LogP contribution in [0.5, 0.6) is 5.75 Å². The summed E-state index contributed by atoms with van der Waals surface area (Å²) in [5.74, 6) is 3.14. The molecule has 1 aromatic carbocycles. The van der Waals surface area contributed by atoms with Gasteiger partial charge in [-0.3, -0.25) is 0 Å². The van der Waals surface area contributed by atoms with E-state index in [1.54, 1.807) is 7.11 Å². The standard InChI is InChI=1S/C11H15NOS/c1-13-9-3-2-8-7-14-5-4-11(12)10(8)6-9/h2-3,6,11H,4-5,7,12H2,1H3/t11-/m0/s1. The Bertz CT molecular complexity index is 327. The van der Waals surface area contributed by atoms with Crippen molar-refractivity contribution in [3.8, 4) is 5.75 Å². The molecular weight excluding hydrogens is 194 g/mol. The second-order valence-electron chi connectivity index (χ2n) is 3.51. The van der Waals surface area contributed by atoms with E-state index in [0.717, 1.165) is 23.7 Å². The average molecular weight is 209 g/mol. The first-order valence-corrected chi connectivity index (χ1v) is 5.97. The molecule has 0 spiro atoms. The van der Waals surface area contributed by atoms with Gasteiger partial charge in [-0.1, -0.05) is 6.07 Å². The normalized spacial score (nSPS) is 21.1. The van der Waals surface area contributed by atoms with Crippen LogP contribution in [-0.4, -0.2) is 12.9 Å². The van der Waals surface area contributed by atoms with E-state index in [-0.39, 0.29) is 6.04 Å². The summed E-state index contributed by atoms with van der Waals surface area (Å²) in [6.45, 7) is 0.